The van der Waals surface area contributed by atoms with Crippen molar-refractivity contribution < 1.29 is 23.1 Å². The first-order chi connectivity index (χ1) is 13.7. The fourth-order valence-corrected chi connectivity index (χ4v) is 4.45. The second-order valence-corrected chi connectivity index (χ2v) is 8.02. The van der Waals surface area contributed by atoms with Crippen molar-refractivity contribution >= 4 is 11.7 Å². The van der Waals surface area contributed by atoms with Crippen molar-refractivity contribution in [2.24, 2.45) is 0 Å². The molecule has 2 aromatic rings. The van der Waals surface area contributed by atoms with Crippen LogP contribution in [0.25, 0.3) is 0 Å². The van der Waals surface area contributed by atoms with E-state index in [1.807, 2.05) is 12.1 Å². The number of alkyl halides is 3. The number of carbonyl (C=O) groups is 1. The van der Waals surface area contributed by atoms with Crippen LogP contribution in [0.2, 0.25) is 0 Å². The molecule has 2 amide bonds. The normalized spacial score (nSPS) is 24.8. The zero-order valence-corrected chi connectivity index (χ0v) is 16.0. The summed E-state index contributed by atoms with van der Waals surface area (Å²) in [6, 6.07) is 7.92. The summed E-state index contributed by atoms with van der Waals surface area (Å²) < 4.78 is 38.6. The van der Waals surface area contributed by atoms with Crippen LogP contribution in [-0.2, 0) is 6.18 Å². The molecule has 0 unspecified atom stereocenters. The van der Waals surface area contributed by atoms with Crippen molar-refractivity contribution in [2.45, 2.75) is 50.2 Å². The lowest BCUT2D eigenvalue weighted by Gasteiger charge is -2.36. The summed E-state index contributed by atoms with van der Waals surface area (Å²) >= 11 is 0. The highest BCUT2D eigenvalue weighted by molar-refractivity contribution is 5.95. The summed E-state index contributed by atoms with van der Waals surface area (Å²) in [6.45, 7) is 1.97. The van der Waals surface area contributed by atoms with Gasteiger partial charge in [0.2, 0.25) is 0 Å². The molecule has 5 nitrogen and oxygen atoms in total. The van der Waals surface area contributed by atoms with Gasteiger partial charge in [-0.3, -0.25) is 4.90 Å². The van der Waals surface area contributed by atoms with Gasteiger partial charge in [-0.2, -0.15) is 13.2 Å². The van der Waals surface area contributed by atoms with Crippen molar-refractivity contribution in [1.82, 2.24) is 10.3 Å². The molecule has 2 aliphatic rings. The molecule has 0 atom stereocenters. The molecule has 1 aromatic carbocycles. The first-order valence-corrected chi connectivity index (χ1v) is 9.59. The lowest BCUT2D eigenvalue weighted by Crippen LogP contribution is -2.46. The molecule has 1 saturated heterocycles. The number of hydrogen-bond donors (Lipinski definition) is 2. The summed E-state index contributed by atoms with van der Waals surface area (Å²) in [6.07, 6.45) is -0.119. The van der Waals surface area contributed by atoms with Gasteiger partial charge in [-0.25, -0.2) is 9.78 Å². The van der Waals surface area contributed by atoms with Crippen molar-refractivity contribution in [3.8, 4) is 5.75 Å². The monoisotopic (exact) mass is 405 g/mol. The molecule has 4 rings (SSSR count). The zero-order chi connectivity index (χ0) is 20.8. The van der Waals surface area contributed by atoms with Gasteiger partial charge < -0.3 is 10.4 Å². The lowest BCUT2D eigenvalue weighted by atomic mass is 9.74. The van der Waals surface area contributed by atoms with Gasteiger partial charge >= 0.3 is 12.2 Å². The molecule has 29 heavy (non-hydrogen) atoms. The van der Waals surface area contributed by atoms with Gasteiger partial charge in [0.25, 0.3) is 0 Å². The minimum Gasteiger partial charge on any atom is -0.508 e. The maximum absolute atomic E-state index is 12.9. The average Bonchev–Trinajstić information content (AvgIpc) is 2.97. The number of hydrogen-bond acceptors (Lipinski definition) is 3. The molecule has 1 aliphatic carbocycles. The summed E-state index contributed by atoms with van der Waals surface area (Å²) in [5, 5.41) is 12.8. The third-order valence-electron chi connectivity index (χ3n) is 6.03. The van der Waals surface area contributed by atoms with Gasteiger partial charge in [-0.05, 0) is 67.9 Å². The van der Waals surface area contributed by atoms with Crippen molar-refractivity contribution in [2.75, 3.05) is 11.4 Å². The number of nitrogens with zero attached hydrogens (tertiary/aromatic N) is 2. The predicted molar refractivity (Wildman–Crippen MR) is 102 cm³/mol. The number of aromatic nitrogens is 1. The van der Waals surface area contributed by atoms with Crippen LogP contribution >= 0.6 is 0 Å². The minimum absolute atomic E-state index is 0.244. The van der Waals surface area contributed by atoms with Gasteiger partial charge in [0.05, 0.1) is 24.0 Å². The maximum atomic E-state index is 12.9. The molecular weight excluding hydrogens is 383 g/mol. The Labute approximate surface area is 166 Å². The Morgan fingerprint density at radius 1 is 1.24 bits per heavy atom. The number of phenolic OH excluding ortho intramolecular Hbond substituents is 1. The molecule has 2 heterocycles. The molecule has 2 fully saturated rings. The van der Waals surface area contributed by atoms with E-state index in [4.69, 9.17) is 0 Å². The number of amides is 2. The second-order valence-electron chi connectivity index (χ2n) is 8.02. The topological polar surface area (TPSA) is 65.5 Å². The fraction of sp³-hybridized carbons (Fsp3) is 0.429. The van der Waals surface area contributed by atoms with Crippen molar-refractivity contribution in [1.29, 1.82) is 0 Å². The highest BCUT2D eigenvalue weighted by Crippen LogP contribution is 2.42. The van der Waals surface area contributed by atoms with Gasteiger partial charge in [-0.15, -0.1) is 0 Å². The third kappa shape index (κ3) is 3.75. The van der Waals surface area contributed by atoms with Gasteiger partial charge in [0.15, 0.2) is 0 Å². The number of pyridine rings is 1. The molecule has 0 radical (unpaired) electrons. The molecule has 8 heteroatoms. The Hall–Kier alpha value is -2.77. The lowest BCUT2D eigenvalue weighted by molar-refractivity contribution is -0.141. The number of aromatic hydroxyl groups is 1. The van der Waals surface area contributed by atoms with Crippen molar-refractivity contribution in [3.05, 3.63) is 53.3 Å². The molecule has 1 aromatic heterocycles. The van der Waals surface area contributed by atoms with E-state index < -0.39 is 11.9 Å². The van der Waals surface area contributed by atoms with E-state index in [1.54, 1.807) is 19.1 Å². The number of rotatable bonds is 2. The fourth-order valence-electron chi connectivity index (χ4n) is 4.45. The highest BCUT2D eigenvalue weighted by atomic mass is 19.4. The molecule has 0 bridgehead atoms. The Morgan fingerprint density at radius 3 is 2.59 bits per heavy atom. The number of anilines is 1. The van der Waals surface area contributed by atoms with E-state index in [0.717, 1.165) is 43.5 Å². The smallest absolute Gasteiger partial charge is 0.433 e. The van der Waals surface area contributed by atoms with E-state index in [1.165, 1.54) is 4.90 Å². The average molecular weight is 405 g/mol. The number of carbonyl (C=O) groups excluding carboxylic acids is 1. The Kier molecular flexibility index (Phi) is 4.67. The SMILES string of the molecule is Cc1cc(C(F)(F)F)ncc1N1CC2(CCC(c3cccc(O)c3)CC2)NC1=O. The first kappa shape index (κ1) is 19.5. The molecule has 154 valence electrons. The molecule has 1 aliphatic heterocycles. The van der Waals surface area contributed by atoms with Crippen LogP contribution in [0.1, 0.15) is 48.4 Å². The molecule has 2 N–H and O–H groups in total. The summed E-state index contributed by atoms with van der Waals surface area (Å²) in [5.74, 6) is 0.557. The molecule has 1 spiro atoms. The van der Waals surface area contributed by atoms with Crippen molar-refractivity contribution in [3.63, 3.8) is 0 Å². The number of nitrogens with one attached hydrogen (secondary N) is 1. The van der Waals surface area contributed by atoms with Crippen LogP contribution < -0.4 is 10.2 Å². The van der Waals surface area contributed by atoms with E-state index >= 15 is 0 Å². The van der Waals surface area contributed by atoms with Crippen LogP contribution in [0.15, 0.2) is 36.5 Å². The van der Waals surface area contributed by atoms with E-state index in [-0.39, 0.29) is 17.3 Å². The van der Waals surface area contributed by atoms with Crippen LogP contribution in [0, 0.1) is 6.92 Å². The van der Waals surface area contributed by atoms with Gasteiger partial charge in [0.1, 0.15) is 11.4 Å². The first-order valence-electron chi connectivity index (χ1n) is 9.59. The minimum atomic E-state index is -4.51. The Balaban J connectivity index is 1.49. The van der Waals surface area contributed by atoms with E-state index in [0.29, 0.717) is 23.7 Å². The summed E-state index contributed by atoms with van der Waals surface area (Å²) in [7, 11) is 0. The van der Waals surface area contributed by atoms with E-state index in [9.17, 15) is 23.1 Å². The maximum Gasteiger partial charge on any atom is 0.433 e. The zero-order valence-electron chi connectivity index (χ0n) is 16.0. The number of phenols is 1. The predicted octanol–water partition coefficient (Wildman–Crippen LogP) is 4.74. The van der Waals surface area contributed by atoms with Gasteiger partial charge in [-0.1, -0.05) is 12.1 Å². The van der Waals surface area contributed by atoms with Crippen LogP contribution in [0.4, 0.5) is 23.7 Å². The number of halogens is 3. The summed E-state index contributed by atoms with van der Waals surface area (Å²) in [5.41, 5.74) is 0.512. The third-order valence-corrected chi connectivity index (χ3v) is 6.03. The van der Waals surface area contributed by atoms with Crippen LogP contribution in [0.3, 0.4) is 0 Å². The number of benzene rings is 1. The van der Waals surface area contributed by atoms with Crippen LogP contribution in [-0.4, -0.2) is 28.2 Å². The number of urea groups is 1. The van der Waals surface area contributed by atoms with Crippen LogP contribution in [0.5, 0.6) is 5.75 Å². The standard InChI is InChI=1S/C21H22F3N3O2/c1-13-9-18(21(22,23)24)25-11-17(13)27-12-20(26-19(27)29)7-5-14(6-8-20)15-3-2-4-16(28)10-15/h2-4,9-11,14,28H,5-8,12H2,1H3,(H,26,29). The largest absolute Gasteiger partial charge is 0.508 e. The molecule has 1 saturated carbocycles. The number of aryl methyl sites for hydroxylation is 1. The highest BCUT2D eigenvalue weighted by Gasteiger charge is 2.46. The van der Waals surface area contributed by atoms with E-state index in [2.05, 4.69) is 10.3 Å². The molecular formula is C21H22F3N3O2. The quantitative estimate of drug-likeness (QED) is 0.759. The Bertz CT molecular complexity index is 937. The second kappa shape index (κ2) is 6.93. The summed E-state index contributed by atoms with van der Waals surface area (Å²) in [4.78, 5) is 17.6. The Morgan fingerprint density at radius 2 is 1.97 bits per heavy atom. The van der Waals surface area contributed by atoms with Gasteiger partial charge in [0, 0.05) is 0 Å².